The second-order valence-electron chi connectivity index (χ2n) is 4.26. The normalized spacial score (nSPS) is 10.2. The number of nitrogens with one attached hydrogen (secondary N) is 1. The third-order valence-corrected chi connectivity index (χ3v) is 3.52. The summed E-state index contributed by atoms with van der Waals surface area (Å²) in [5.74, 6) is -0.777. The molecule has 104 valence electrons. The summed E-state index contributed by atoms with van der Waals surface area (Å²) >= 11 is 1.44. The molecule has 20 heavy (non-hydrogen) atoms. The molecule has 2 aromatic rings. The maximum absolute atomic E-state index is 12.0. The minimum absolute atomic E-state index is 0.215. The van der Waals surface area contributed by atoms with Crippen LogP contribution < -0.4 is 11.1 Å². The van der Waals surface area contributed by atoms with E-state index in [9.17, 15) is 9.59 Å². The lowest BCUT2D eigenvalue weighted by Crippen LogP contribution is -2.24. The minimum atomic E-state index is -0.562. The second-order valence-corrected chi connectivity index (χ2v) is 5.15. The zero-order chi connectivity index (χ0) is 14.5. The monoisotopic (exact) mass is 289 g/mol. The molecule has 5 nitrogen and oxygen atoms in total. The summed E-state index contributed by atoms with van der Waals surface area (Å²) in [5, 5.41) is 5.36. The number of hydrogen-bond donors (Lipinski definition) is 2. The van der Waals surface area contributed by atoms with Crippen molar-refractivity contribution in [2.75, 3.05) is 6.54 Å². The van der Waals surface area contributed by atoms with Crippen molar-refractivity contribution in [1.29, 1.82) is 0 Å². The topological polar surface area (TPSA) is 85.1 Å². The molecular formula is C14H15N3O2S. The molecule has 0 atom stereocenters. The Kier molecular flexibility index (Phi) is 4.47. The highest BCUT2D eigenvalue weighted by atomic mass is 32.1. The molecule has 0 aliphatic carbocycles. The molecule has 1 aromatic carbocycles. The summed E-state index contributed by atoms with van der Waals surface area (Å²) in [6.45, 7) is 2.56. The Morgan fingerprint density at radius 2 is 2.05 bits per heavy atom. The number of primary amides is 1. The summed E-state index contributed by atoms with van der Waals surface area (Å²) in [6, 6.07) is 4.87. The molecular weight excluding hydrogens is 274 g/mol. The van der Waals surface area contributed by atoms with Crippen LogP contribution in [0.2, 0.25) is 0 Å². The number of aromatic nitrogens is 1. The number of nitrogens with two attached hydrogens (primary N) is 1. The molecule has 0 radical (unpaired) electrons. The van der Waals surface area contributed by atoms with Crippen molar-refractivity contribution < 1.29 is 9.59 Å². The third kappa shape index (κ3) is 3.21. The Balaban J connectivity index is 2.41. The number of rotatable bonds is 5. The van der Waals surface area contributed by atoms with E-state index in [0.717, 1.165) is 17.0 Å². The highest BCUT2D eigenvalue weighted by molar-refractivity contribution is 7.13. The van der Waals surface area contributed by atoms with Crippen molar-refractivity contribution in [2.45, 2.75) is 13.3 Å². The largest absolute Gasteiger partial charge is 0.366 e. The van der Waals surface area contributed by atoms with Crippen LogP contribution in [0.25, 0.3) is 10.6 Å². The standard InChI is InChI=1S/C14H15N3O2S/c1-2-3-16-13(19)10-6-9(12(15)18)7-11(8-10)14-17-4-5-20-14/h4-8H,2-3H2,1H3,(H2,15,18)(H,16,19). The molecule has 0 aliphatic rings. The van der Waals surface area contributed by atoms with Gasteiger partial charge in [0, 0.05) is 34.8 Å². The lowest BCUT2D eigenvalue weighted by atomic mass is 10.0. The average molecular weight is 289 g/mol. The van der Waals surface area contributed by atoms with E-state index in [2.05, 4.69) is 10.3 Å². The van der Waals surface area contributed by atoms with Crippen LogP contribution in [-0.2, 0) is 0 Å². The van der Waals surface area contributed by atoms with Crippen LogP contribution in [-0.4, -0.2) is 23.3 Å². The van der Waals surface area contributed by atoms with E-state index < -0.39 is 5.91 Å². The predicted octanol–water partition coefficient (Wildman–Crippen LogP) is 2.05. The minimum Gasteiger partial charge on any atom is -0.366 e. The van der Waals surface area contributed by atoms with Gasteiger partial charge in [-0.25, -0.2) is 4.98 Å². The van der Waals surface area contributed by atoms with Crippen LogP contribution in [0.3, 0.4) is 0 Å². The highest BCUT2D eigenvalue weighted by Crippen LogP contribution is 2.24. The summed E-state index contributed by atoms with van der Waals surface area (Å²) in [5.41, 5.74) is 6.76. The molecule has 0 fully saturated rings. The smallest absolute Gasteiger partial charge is 0.251 e. The van der Waals surface area contributed by atoms with Gasteiger partial charge in [0.2, 0.25) is 5.91 Å². The molecule has 0 saturated heterocycles. The van der Waals surface area contributed by atoms with Gasteiger partial charge in [-0.15, -0.1) is 11.3 Å². The molecule has 3 N–H and O–H groups in total. The molecule has 1 aromatic heterocycles. The fourth-order valence-electron chi connectivity index (χ4n) is 1.73. The molecule has 0 saturated carbocycles. The van der Waals surface area contributed by atoms with Gasteiger partial charge in [0.05, 0.1) is 0 Å². The second kappa shape index (κ2) is 6.29. The van der Waals surface area contributed by atoms with Crippen LogP contribution in [0.4, 0.5) is 0 Å². The first-order valence-electron chi connectivity index (χ1n) is 6.24. The summed E-state index contributed by atoms with van der Waals surface area (Å²) in [7, 11) is 0. The van der Waals surface area contributed by atoms with Crippen molar-refractivity contribution in [1.82, 2.24) is 10.3 Å². The van der Waals surface area contributed by atoms with Gasteiger partial charge >= 0.3 is 0 Å². The van der Waals surface area contributed by atoms with Crippen molar-refractivity contribution in [3.8, 4) is 10.6 Å². The average Bonchev–Trinajstić information content (AvgIpc) is 2.98. The van der Waals surface area contributed by atoms with Crippen molar-refractivity contribution in [3.05, 3.63) is 40.9 Å². The molecule has 0 unspecified atom stereocenters. The van der Waals surface area contributed by atoms with E-state index in [4.69, 9.17) is 5.73 Å². The molecule has 0 aliphatic heterocycles. The number of carbonyl (C=O) groups excluding carboxylic acids is 2. The van der Waals surface area contributed by atoms with E-state index in [1.54, 1.807) is 18.3 Å². The lowest BCUT2D eigenvalue weighted by Gasteiger charge is -2.07. The van der Waals surface area contributed by atoms with Gasteiger partial charge in [0.25, 0.3) is 5.91 Å². The Hall–Kier alpha value is -2.21. The van der Waals surface area contributed by atoms with E-state index in [1.165, 1.54) is 17.4 Å². The van der Waals surface area contributed by atoms with Gasteiger partial charge in [-0.2, -0.15) is 0 Å². The molecule has 6 heteroatoms. The molecule has 0 bridgehead atoms. The van der Waals surface area contributed by atoms with Crippen LogP contribution in [0.1, 0.15) is 34.1 Å². The Morgan fingerprint density at radius 1 is 1.30 bits per heavy atom. The quantitative estimate of drug-likeness (QED) is 0.883. The number of hydrogen-bond acceptors (Lipinski definition) is 4. The fraction of sp³-hybridized carbons (Fsp3) is 0.214. The van der Waals surface area contributed by atoms with Crippen LogP contribution >= 0.6 is 11.3 Å². The van der Waals surface area contributed by atoms with Gasteiger partial charge in [0.15, 0.2) is 0 Å². The van der Waals surface area contributed by atoms with Crippen molar-refractivity contribution in [2.24, 2.45) is 5.73 Å². The number of thiazole rings is 1. The summed E-state index contributed by atoms with van der Waals surface area (Å²) in [6.07, 6.45) is 2.52. The Bertz CT molecular complexity index is 623. The van der Waals surface area contributed by atoms with Gasteiger partial charge in [-0.1, -0.05) is 6.92 Å². The zero-order valence-corrected chi connectivity index (χ0v) is 11.9. The van der Waals surface area contributed by atoms with Gasteiger partial charge in [-0.05, 0) is 24.6 Å². The van der Waals surface area contributed by atoms with Gasteiger partial charge < -0.3 is 11.1 Å². The van der Waals surface area contributed by atoms with E-state index in [1.807, 2.05) is 12.3 Å². The Labute approximate surface area is 120 Å². The van der Waals surface area contributed by atoms with E-state index >= 15 is 0 Å². The maximum atomic E-state index is 12.0. The zero-order valence-electron chi connectivity index (χ0n) is 11.1. The number of carbonyl (C=O) groups is 2. The maximum Gasteiger partial charge on any atom is 0.251 e. The SMILES string of the molecule is CCCNC(=O)c1cc(C(N)=O)cc(-c2nccs2)c1. The van der Waals surface area contributed by atoms with Crippen molar-refractivity contribution in [3.63, 3.8) is 0 Å². The van der Waals surface area contributed by atoms with E-state index in [-0.39, 0.29) is 5.91 Å². The van der Waals surface area contributed by atoms with Gasteiger partial charge in [0.1, 0.15) is 5.01 Å². The molecule has 2 amide bonds. The lowest BCUT2D eigenvalue weighted by molar-refractivity contribution is 0.0953. The molecule has 0 spiro atoms. The number of amides is 2. The third-order valence-electron chi connectivity index (χ3n) is 2.69. The predicted molar refractivity (Wildman–Crippen MR) is 78.7 cm³/mol. The molecule has 2 rings (SSSR count). The van der Waals surface area contributed by atoms with Crippen LogP contribution in [0, 0.1) is 0 Å². The Morgan fingerprint density at radius 3 is 2.65 bits per heavy atom. The van der Waals surface area contributed by atoms with Crippen LogP contribution in [0.15, 0.2) is 29.8 Å². The first-order chi connectivity index (χ1) is 9.61. The molecule has 1 heterocycles. The van der Waals surface area contributed by atoms with Crippen molar-refractivity contribution >= 4 is 23.2 Å². The highest BCUT2D eigenvalue weighted by Gasteiger charge is 2.13. The summed E-state index contributed by atoms with van der Waals surface area (Å²) < 4.78 is 0. The van der Waals surface area contributed by atoms with Crippen LogP contribution in [0.5, 0.6) is 0 Å². The van der Waals surface area contributed by atoms with E-state index in [0.29, 0.717) is 17.7 Å². The number of nitrogens with zero attached hydrogens (tertiary/aromatic N) is 1. The van der Waals surface area contributed by atoms with Gasteiger partial charge in [-0.3, -0.25) is 9.59 Å². The first-order valence-corrected chi connectivity index (χ1v) is 7.12. The first kappa shape index (κ1) is 14.2. The fourth-order valence-corrected chi connectivity index (χ4v) is 2.36. The summed E-state index contributed by atoms with van der Waals surface area (Å²) in [4.78, 5) is 27.6. The number of benzene rings is 1.